The first-order valence-corrected chi connectivity index (χ1v) is 8.31. The van der Waals surface area contributed by atoms with Crippen LogP contribution in [0.1, 0.15) is 21.6 Å². The van der Waals surface area contributed by atoms with Crippen molar-refractivity contribution in [3.63, 3.8) is 0 Å². The Kier molecular flexibility index (Phi) is 5.14. The van der Waals surface area contributed by atoms with E-state index in [9.17, 15) is 9.59 Å². The van der Waals surface area contributed by atoms with Crippen molar-refractivity contribution in [1.29, 1.82) is 0 Å². The number of hydrogen-bond acceptors (Lipinski definition) is 4. The number of rotatable bonds is 5. The summed E-state index contributed by atoms with van der Waals surface area (Å²) in [7, 11) is 1.50. The minimum atomic E-state index is -1.04. The number of benzene rings is 2. The van der Waals surface area contributed by atoms with Gasteiger partial charge < -0.3 is 9.84 Å². The second kappa shape index (κ2) is 7.51. The van der Waals surface area contributed by atoms with Crippen molar-refractivity contribution in [2.24, 2.45) is 4.99 Å². The topological polar surface area (TPSA) is 96.7 Å². The molecule has 0 saturated carbocycles. The number of ether oxygens (including phenoxy) is 1. The molecule has 2 N–H and O–H groups in total. The molecule has 8 heteroatoms. The van der Waals surface area contributed by atoms with E-state index in [0.29, 0.717) is 33.4 Å². The largest absolute Gasteiger partial charge is 0.495 e. The minimum absolute atomic E-state index is 0.126. The number of aromatic carboxylic acids is 1. The van der Waals surface area contributed by atoms with Crippen LogP contribution < -0.4 is 10.3 Å². The molecule has 0 bridgehead atoms. The summed E-state index contributed by atoms with van der Waals surface area (Å²) in [6.45, 7) is 1.75. The van der Waals surface area contributed by atoms with Crippen LogP contribution in [0.3, 0.4) is 0 Å². The normalized spacial score (nSPS) is 11.1. The van der Waals surface area contributed by atoms with Gasteiger partial charge in [0.25, 0.3) is 5.56 Å². The monoisotopic (exact) mass is 385 g/mol. The second-order valence-electron chi connectivity index (χ2n) is 5.72. The molecule has 0 atom stereocenters. The molecule has 0 fully saturated rings. The summed E-state index contributed by atoms with van der Waals surface area (Å²) in [6, 6.07) is 11.2. The lowest BCUT2D eigenvalue weighted by atomic mass is 10.2. The number of carboxylic acid groups (broad SMARTS) is 1. The van der Waals surface area contributed by atoms with Crippen LogP contribution in [0.5, 0.6) is 5.75 Å². The summed E-state index contributed by atoms with van der Waals surface area (Å²) in [5, 5.41) is 12.5. The number of aromatic nitrogens is 2. The maximum atomic E-state index is 12.7. The first-order valence-electron chi connectivity index (χ1n) is 7.93. The van der Waals surface area contributed by atoms with Crippen LogP contribution in [0.15, 0.2) is 52.3 Å². The molecular formula is C19H16ClN3O4. The molecule has 27 heavy (non-hydrogen) atoms. The predicted octanol–water partition coefficient (Wildman–Crippen LogP) is 3.58. The molecule has 7 nitrogen and oxygen atoms in total. The van der Waals surface area contributed by atoms with Crippen molar-refractivity contribution in [3.8, 4) is 11.4 Å². The molecule has 138 valence electrons. The van der Waals surface area contributed by atoms with E-state index in [1.165, 1.54) is 30.1 Å². The van der Waals surface area contributed by atoms with Gasteiger partial charge in [0, 0.05) is 18.0 Å². The molecule has 0 aliphatic carbocycles. The molecular weight excluding hydrogens is 370 g/mol. The van der Waals surface area contributed by atoms with E-state index in [2.05, 4.69) is 10.1 Å². The molecule has 0 spiro atoms. The highest BCUT2D eigenvalue weighted by Crippen LogP contribution is 2.26. The van der Waals surface area contributed by atoms with Crippen LogP contribution in [0.2, 0.25) is 5.02 Å². The maximum absolute atomic E-state index is 12.7. The van der Waals surface area contributed by atoms with Gasteiger partial charge in [0.1, 0.15) is 5.75 Å². The summed E-state index contributed by atoms with van der Waals surface area (Å²) in [5.41, 5.74) is 1.82. The number of nitrogens with zero attached hydrogens (tertiary/aromatic N) is 2. The molecule has 0 radical (unpaired) electrons. The lowest BCUT2D eigenvalue weighted by Crippen LogP contribution is -2.17. The number of halogens is 1. The first-order chi connectivity index (χ1) is 12.9. The van der Waals surface area contributed by atoms with Gasteiger partial charge in [0.05, 0.1) is 34.6 Å². The number of hydrogen-bond donors (Lipinski definition) is 2. The van der Waals surface area contributed by atoms with Crippen molar-refractivity contribution in [1.82, 2.24) is 9.78 Å². The van der Waals surface area contributed by atoms with E-state index in [1.54, 1.807) is 37.3 Å². The number of methoxy groups -OCH3 is 1. The highest BCUT2D eigenvalue weighted by atomic mass is 35.5. The fourth-order valence-corrected chi connectivity index (χ4v) is 2.73. The Morgan fingerprint density at radius 1 is 1.30 bits per heavy atom. The third-order valence-corrected chi connectivity index (χ3v) is 4.26. The zero-order valence-electron chi connectivity index (χ0n) is 14.6. The van der Waals surface area contributed by atoms with Crippen molar-refractivity contribution < 1.29 is 14.6 Å². The SMILES string of the molecule is COc1cc(-n2[nH]c(C)c(C=Nc3cccc(C(=O)O)c3)c2=O)ccc1Cl. The average Bonchev–Trinajstić information content (AvgIpc) is 2.94. The lowest BCUT2D eigenvalue weighted by Gasteiger charge is -2.06. The van der Waals surface area contributed by atoms with E-state index >= 15 is 0 Å². The summed E-state index contributed by atoms with van der Waals surface area (Å²) in [5.74, 6) is -0.585. The Morgan fingerprint density at radius 3 is 2.78 bits per heavy atom. The van der Waals surface area contributed by atoms with Gasteiger partial charge >= 0.3 is 5.97 Å². The third kappa shape index (κ3) is 3.78. The summed E-state index contributed by atoms with van der Waals surface area (Å²) < 4.78 is 6.55. The van der Waals surface area contributed by atoms with Crippen molar-refractivity contribution in [2.75, 3.05) is 7.11 Å². The number of aryl methyl sites for hydroxylation is 1. The highest BCUT2D eigenvalue weighted by molar-refractivity contribution is 6.32. The van der Waals surface area contributed by atoms with Gasteiger partial charge in [-0.2, -0.15) is 0 Å². The smallest absolute Gasteiger partial charge is 0.335 e. The van der Waals surface area contributed by atoms with Gasteiger partial charge in [0.15, 0.2) is 0 Å². The number of carbonyl (C=O) groups is 1. The molecule has 2 aromatic carbocycles. The van der Waals surface area contributed by atoms with Gasteiger partial charge in [-0.15, -0.1) is 0 Å². The Labute approximate surface area is 159 Å². The van der Waals surface area contributed by atoms with E-state index in [-0.39, 0.29) is 11.1 Å². The van der Waals surface area contributed by atoms with E-state index < -0.39 is 5.97 Å². The van der Waals surface area contributed by atoms with Gasteiger partial charge in [-0.1, -0.05) is 17.7 Å². The quantitative estimate of drug-likeness (QED) is 0.656. The van der Waals surface area contributed by atoms with Crippen LogP contribution in [0.4, 0.5) is 5.69 Å². The van der Waals surface area contributed by atoms with Crippen LogP contribution in [0, 0.1) is 6.92 Å². The zero-order valence-corrected chi connectivity index (χ0v) is 15.3. The Morgan fingerprint density at radius 2 is 2.07 bits per heavy atom. The molecule has 0 aliphatic rings. The third-order valence-electron chi connectivity index (χ3n) is 3.95. The van der Waals surface area contributed by atoms with Gasteiger partial charge in [-0.25, -0.2) is 9.48 Å². The first kappa shape index (κ1) is 18.5. The maximum Gasteiger partial charge on any atom is 0.335 e. The van der Waals surface area contributed by atoms with Crippen LogP contribution >= 0.6 is 11.6 Å². The molecule has 1 aromatic heterocycles. The van der Waals surface area contributed by atoms with Gasteiger partial charge in [-0.3, -0.25) is 14.9 Å². The number of H-pyrrole nitrogens is 1. The van der Waals surface area contributed by atoms with Gasteiger partial charge in [-0.05, 0) is 37.3 Å². The van der Waals surface area contributed by atoms with Crippen molar-refractivity contribution >= 4 is 29.5 Å². The molecule has 3 rings (SSSR count). The molecule has 0 aliphatic heterocycles. The molecule has 3 aromatic rings. The average molecular weight is 386 g/mol. The summed E-state index contributed by atoms with van der Waals surface area (Å²) in [6.07, 6.45) is 1.42. The summed E-state index contributed by atoms with van der Waals surface area (Å²) >= 11 is 6.03. The van der Waals surface area contributed by atoms with Crippen LogP contribution in [0.25, 0.3) is 5.69 Å². The number of carboxylic acids is 1. The number of aromatic amines is 1. The Hall–Kier alpha value is -3.32. The zero-order chi connectivity index (χ0) is 19.6. The van der Waals surface area contributed by atoms with Crippen LogP contribution in [-0.2, 0) is 0 Å². The Bertz CT molecular complexity index is 1100. The van der Waals surface area contributed by atoms with Gasteiger partial charge in [0.2, 0.25) is 0 Å². The minimum Gasteiger partial charge on any atom is -0.495 e. The fraction of sp³-hybridized carbons (Fsp3) is 0.105. The highest BCUT2D eigenvalue weighted by Gasteiger charge is 2.12. The number of nitrogens with one attached hydrogen (secondary N) is 1. The van der Waals surface area contributed by atoms with Crippen LogP contribution in [-0.4, -0.2) is 34.2 Å². The predicted molar refractivity (Wildman–Crippen MR) is 103 cm³/mol. The molecule has 0 saturated heterocycles. The standard InChI is InChI=1S/C19H16ClN3O4/c1-11-15(10-21-13-5-3-4-12(8-13)19(25)26)18(24)23(22-11)14-6-7-16(20)17(9-14)27-2/h3-10,22H,1-2H3,(H,25,26). The number of aliphatic imine (C=N–C) groups is 1. The Balaban J connectivity index is 1.98. The summed E-state index contributed by atoms with van der Waals surface area (Å²) in [4.78, 5) is 28.0. The van der Waals surface area contributed by atoms with E-state index in [0.717, 1.165) is 0 Å². The van der Waals surface area contributed by atoms with Crippen molar-refractivity contribution in [2.45, 2.75) is 6.92 Å². The second-order valence-corrected chi connectivity index (χ2v) is 6.13. The van der Waals surface area contributed by atoms with Crippen molar-refractivity contribution in [3.05, 3.63) is 74.7 Å². The molecule has 0 unspecified atom stereocenters. The molecule has 1 heterocycles. The van der Waals surface area contributed by atoms with E-state index in [4.69, 9.17) is 21.4 Å². The fourth-order valence-electron chi connectivity index (χ4n) is 2.54. The lowest BCUT2D eigenvalue weighted by molar-refractivity contribution is 0.0697. The van der Waals surface area contributed by atoms with E-state index in [1.807, 2.05) is 0 Å². The molecule has 0 amide bonds.